The molecule has 1 aliphatic rings. The first kappa shape index (κ1) is 18.4. The van der Waals surface area contributed by atoms with Gasteiger partial charge < -0.3 is 15.2 Å². The molecule has 1 heterocycles. The van der Waals surface area contributed by atoms with Gasteiger partial charge in [-0.05, 0) is 39.8 Å². The summed E-state index contributed by atoms with van der Waals surface area (Å²) in [5.41, 5.74) is 5.22. The van der Waals surface area contributed by atoms with Gasteiger partial charge in [0.05, 0.1) is 5.71 Å². The summed E-state index contributed by atoms with van der Waals surface area (Å²) in [5, 5.41) is 17.5. The molecule has 6 heteroatoms. The van der Waals surface area contributed by atoms with E-state index in [1.54, 1.807) is 0 Å². The molecule has 0 aliphatic carbocycles. The van der Waals surface area contributed by atoms with Crippen LogP contribution in [0.25, 0.3) is 0 Å². The number of hydrogen-bond acceptors (Lipinski definition) is 5. The Labute approximate surface area is 143 Å². The first-order valence-electron chi connectivity index (χ1n) is 8.27. The molecule has 3 N–H and O–H groups in total. The van der Waals surface area contributed by atoms with Gasteiger partial charge in [-0.25, -0.2) is 5.43 Å². The van der Waals surface area contributed by atoms with Crippen molar-refractivity contribution in [2.75, 3.05) is 13.2 Å². The highest BCUT2D eigenvalue weighted by Crippen LogP contribution is 2.24. The summed E-state index contributed by atoms with van der Waals surface area (Å²) < 4.78 is 5.82. The molecule has 1 unspecified atom stereocenters. The molecule has 0 radical (unpaired) electrons. The van der Waals surface area contributed by atoms with E-state index in [1.807, 2.05) is 45.9 Å². The van der Waals surface area contributed by atoms with E-state index in [9.17, 15) is 9.90 Å². The fourth-order valence-electron chi connectivity index (χ4n) is 2.33. The van der Waals surface area contributed by atoms with E-state index >= 15 is 0 Å². The largest absolute Gasteiger partial charge is 0.490 e. The fraction of sp³-hybridized carbons (Fsp3) is 0.556. The Morgan fingerprint density at radius 2 is 2.12 bits per heavy atom. The third kappa shape index (κ3) is 5.62. The standard InChI is InChI=1S/C18H27N3O3/c1-12-5-7-16(24-11-13(22)10-19-18(2,3)4)14(9-12)15-6-8-17(23)21-20-15/h5,7,9,13,19,22H,6,8,10-11H2,1-4H3,(H,21,23). The number of β-amino-alcohol motifs (C(OH)–C–C–N with tert-alkyl or cyclic N) is 1. The number of aliphatic hydroxyl groups excluding tert-OH is 1. The van der Waals surface area contributed by atoms with Crippen LogP contribution in [0, 0.1) is 6.92 Å². The number of ether oxygens (including phenoxy) is 1. The third-order valence-corrected chi connectivity index (χ3v) is 3.65. The van der Waals surface area contributed by atoms with Gasteiger partial charge in [-0.1, -0.05) is 11.6 Å². The number of nitrogens with one attached hydrogen (secondary N) is 2. The Balaban J connectivity index is 2.04. The van der Waals surface area contributed by atoms with Gasteiger partial charge in [0.2, 0.25) is 5.91 Å². The lowest BCUT2D eigenvalue weighted by molar-refractivity contribution is -0.121. The molecule has 1 amide bonds. The number of benzene rings is 1. The Morgan fingerprint density at radius 1 is 1.38 bits per heavy atom. The summed E-state index contributed by atoms with van der Waals surface area (Å²) >= 11 is 0. The molecule has 2 rings (SSSR count). The van der Waals surface area contributed by atoms with Crippen LogP contribution >= 0.6 is 0 Å². The minimum atomic E-state index is -0.605. The molecule has 6 nitrogen and oxygen atoms in total. The predicted octanol–water partition coefficient (Wildman–Crippen LogP) is 1.74. The summed E-state index contributed by atoms with van der Waals surface area (Å²) in [5.74, 6) is 0.600. The molecule has 0 fully saturated rings. The number of aliphatic hydroxyl groups is 1. The Morgan fingerprint density at radius 3 is 2.75 bits per heavy atom. The monoisotopic (exact) mass is 333 g/mol. The average Bonchev–Trinajstić information content (AvgIpc) is 2.52. The maximum Gasteiger partial charge on any atom is 0.240 e. The van der Waals surface area contributed by atoms with Crippen molar-refractivity contribution in [2.24, 2.45) is 5.10 Å². The van der Waals surface area contributed by atoms with Gasteiger partial charge in [0.25, 0.3) is 0 Å². The number of hydrazone groups is 1. The molecule has 1 atom stereocenters. The highest BCUT2D eigenvalue weighted by atomic mass is 16.5. The normalized spacial score (nSPS) is 16.4. The van der Waals surface area contributed by atoms with E-state index in [2.05, 4.69) is 15.8 Å². The van der Waals surface area contributed by atoms with Crippen molar-refractivity contribution in [1.82, 2.24) is 10.7 Å². The van der Waals surface area contributed by atoms with Gasteiger partial charge in [-0.15, -0.1) is 0 Å². The van der Waals surface area contributed by atoms with Gasteiger partial charge in [0, 0.05) is 30.5 Å². The van der Waals surface area contributed by atoms with E-state index in [4.69, 9.17) is 4.74 Å². The molecule has 0 spiro atoms. The van der Waals surface area contributed by atoms with Crippen LogP contribution in [0.2, 0.25) is 0 Å². The van der Waals surface area contributed by atoms with Crippen LogP contribution in [-0.2, 0) is 4.79 Å². The lowest BCUT2D eigenvalue weighted by Gasteiger charge is -2.23. The minimum Gasteiger partial charge on any atom is -0.490 e. The van der Waals surface area contributed by atoms with E-state index in [0.717, 1.165) is 16.8 Å². The number of carbonyl (C=O) groups excluding carboxylic acids is 1. The predicted molar refractivity (Wildman–Crippen MR) is 94.4 cm³/mol. The first-order chi connectivity index (χ1) is 11.2. The van der Waals surface area contributed by atoms with Gasteiger partial charge in [-0.2, -0.15) is 5.10 Å². The summed E-state index contributed by atoms with van der Waals surface area (Å²) in [4.78, 5) is 11.3. The first-order valence-corrected chi connectivity index (χ1v) is 8.27. The molecule has 1 aromatic carbocycles. The van der Waals surface area contributed by atoms with E-state index in [0.29, 0.717) is 25.1 Å². The van der Waals surface area contributed by atoms with Crippen molar-refractivity contribution in [2.45, 2.75) is 52.2 Å². The second kappa shape index (κ2) is 7.77. The van der Waals surface area contributed by atoms with Gasteiger partial charge >= 0.3 is 0 Å². The fourth-order valence-corrected chi connectivity index (χ4v) is 2.33. The number of carbonyl (C=O) groups is 1. The molecule has 1 aromatic rings. The van der Waals surface area contributed by atoms with Gasteiger partial charge in [0.1, 0.15) is 18.5 Å². The maximum absolute atomic E-state index is 11.3. The second-order valence-corrected chi connectivity index (χ2v) is 7.19. The molecule has 0 aromatic heterocycles. The number of hydrogen-bond donors (Lipinski definition) is 3. The molecule has 132 valence electrons. The quantitative estimate of drug-likeness (QED) is 0.740. The van der Waals surface area contributed by atoms with Crippen LogP contribution in [0.1, 0.15) is 44.7 Å². The molecule has 0 saturated heterocycles. The summed E-state index contributed by atoms with van der Waals surface area (Å²) in [6.45, 7) is 8.80. The molecule has 24 heavy (non-hydrogen) atoms. The molecule has 0 bridgehead atoms. The zero-order valence-corrected chi connectivity index (χ0v) is 14.8. The topological polar surface area (TPSA) is 82.9 Å². The van der Waals surface area contributed by atoms with Crippen molar-refractivity contribution in [3.63, 3.8) is 0 Å². The van der Waals surface area contributed by atoms with Crippen molar-refractivity contribution in [1.29, 1.82) is 0 Å². The van der Waals surface area contributed by atoms with Crippen molar-refractivity contribution < 1.29 is 14.6 Å². The Hall–Kier alpha value is -1.92. The SMILES string of the molecule is Cc1ccc(OCC(O)CNC(C)(C)C)c(C2=NNC(=O)CC2)c1. The number of amides is 1. The van der Waals surface area contributed by atoms with Crippen LogP contribution in [0.15, 0.2) is 23.3 Å². The highest BCUT2D eigenvalue weighted by Gasteiger charge is 2.18. The van der Waals surface area contributed by atoms with Crippen molar-refractivity contribution in [3.05, 3.63) is 29.3 Å². The lowest BCUT2D eigenvalue weighted by atomic mass is 10.0. The van der Waals surface area contributed by atoms with Crippen LogP contribution in [0.4, 0.5) is 0 Å². The Bertz CT molecular complexity index is 620. The maximum atomic E-state index is 11.3. The van der Waals surface area contributed by atoms with Gasteiger partial charge in [-0.3, -0.25) is 4.79 Å². The van der Waals surface area contributed by atoms with Crippen LogP contribution in [0.3, 0.4) is 0 Å². The summed E-state index contributed by atoms with van der Waals surface area (Å²) in [6, 6.07) is 5.83. The van der Waals surface area contributed by atoms with Crippen molar-refractivity contribution >= 4 is 11.6 Å². The number of aryl methyl sites for hydroxylation is 1. The van der Waals surface area contributed by atoms with E-state index in [-0.39, 0.29) is 18.1 Å². The van der Waals surface area contributed by atoms with Crippen LogP contribution in [-0.4, -0.2) is 41.5 Å². The van der Waals surface area contributed by atoms with Crippen LogP contribution < -0.4 is 15.5 Å². The zero-order chi connectivity index (χ0) is 17.7. The highest BCUT2D eigenvalue weighted by molar-refractivity contribution is 6.06. The van der Waals surface area contributed by atoms with Gasteiger partial charge in [0.15, 0.2) is 0 Å². The summed E-state index contributed by atoms with van der Waals surface area (Å²) in [7, 11) is 0. The molecular weight excluding hydrogens is 306 g/mol. The average molecular weight is 333 g/mol. The summed E-state index contributed by atoms with van der Waals surface area (Å²) in [6.07, 6.45) is 0.399. The van der Waals surface area contributed by atoms with Crippen LogP contribution in [0.5, 0.6) is 5.75 Å². The smallest absolute Gasteiger partial charge is 0.240 e. The Kier molecular flexibility index (Phi) is 5.96. The zero-order valence-electron chi connectivity index (χ0n) is 14.8. The van der Waals surface area contributed by atoms with Crippen molar-refractivity contribution in [3.8, 4) is 5.75 Å². The molecule has 1 aliphatic heterocycles. The lowest BCUT2D eigenvalue weighted by Crippen LogP contribution is -2.42. The van der Waals surface area contributed by atoms with E-state index < -0.39 is 6.10 Å². The van der Waals surface area contributed by atoms with E-state index in [1.165, 1.54) is 0 Å². The molecular formula is C18H27N3O3. The second-order valence-electron chi connectivity index (χ2n) is 7.19. The minimum absolute atomic E-state index is 0.0506. The third-order valence-electron chi connectivity index (χ3n) is 3.65. The molecule has 0 saturated carbocycles. The number of nitrogens with zero attached hydrogens (tertiary/aromatic N) is 1. The number of rotatable bonds is 6.